The van der Waals surface area contributed by atoms with Crippen molar-refractivity contribution in [2.45, 2.75) is 25.9 Å². The van der Waals surface area contributed by atoms with Crippen molar-refractivity contribution in [3.8, 4) is 0 Å². The molecule has 1 aliphatic rings. The number of pyridine rings is 1. The number of hydrogen-bond donors (Lipinski definition) is 1. The molecule has 5 heteroatoms. The first-order valence-corrected chi connectivity index (χ1v) is 9.99. The standard InChI is InChI=1S/C24H26N4O/c1-18(19-8-4-3-5-9-19)26-23-16-22(12-14-25-23)27(2)24(29)28-15-13-20-10-6-7-11-21(20)17-28/h3-12,14,16,18H,13,15,17H2,1-2H3,(H,25,26). The van der Waals surface area contributed by atoms with Gasteiger partial charge in [-0.25, -0.2) is 9.78 Å². The first-order chi connectivity index (χ1) is 14.1. The third kappa shape index (κ3) is 4.24. The molecule has 0 saturated heterocycles. The van der Waals surface area contributed by atoms with Gasteiger partial charge in [0.15, 0.2) is 0 Å². The Morgan fingerprint density at radius 2 is 1.79 bits per heavy atom. The number of carbonyl (C=O) groups is 1. The molecule has 1 N–H and O–H groups in total. The Labute approximate surface area is 172 Å². The SMILES string of the molecule is CC(Nc1cc(N(C)C(=O)N2CCc3ccccc3C2)ccn1)c1ccccc1. The molecule has 1 aliphatic heterocycles. The van der Waals surface area contributed by atoms with Gasteiger partial charge in [0.25, 0.3) is 0 Å². The van der Waals surface area contributed by atoms with E-state index < -0.39 is 0 Å². The number of urea groups is 1. The van der Waals surface area contributed by atoms with Gasteiger partial charge in [-0.3, -0.25) is 4.90 Å². The van der Waals surface area contributed by atoms with Crippen molar-refractivity contribution in [2.24, 2.45) is 0 Å². The van der Waals surface area contributed by atoms with Gasteiger partial charge in [0.2, 0.25) is 0 Å². The number of nitrogens with one attached hydrogen (secondary N) is 1. The van der Waals surface area contributed by atoms with Gasteiger partial charge < -0.3 is 10.2 Å². The van der Waals surface area contributed by atoms with Crippen molar-refractivity contribution < 1.29 is 4.79 Å². The van der Waals surface area contributed by atoms with Crippen molar-refractivity contribution in [2.75, 3.05) is 23.8 Å². The van der Waals surface area contributed by atoms with Gasteiger partial charge in [0, 0.05) is 38.4 Å². The van der Waals surface area contributed by atoms with Crippen molar-refractivity contribution in [3.05, 3.63) is 89.6 Å². The average Bonchev–Trinajstić information content (AvgIpc) is 2.78. The van der Waals surface area contributed by atoms with Gasteiger partial charge in [-0.15, -0.1) is 0 Å². The summed E-state index contributed by atoms with van der Waals surface area (Å²) in [5.41, 5.74) is 4.58. The van der Waals surface area contributed by atoms with Crippen molar-refractivity contribution in [1.82, 2.24) is 9.88 Å². The minimum absolute atomic E-state index is 0.00719. The molecule has 0 radical (unpaired) electrons. The summed E-state index contributed by atoms with van der Waals surface area (Å²) in [6.45, 7) is 3.49. The lowest BCUT2D eigenvalue weighted by molar-refractivity contribution is 0.200. The molecule has 1 unspecified atom stereocenters. The Bertz CT molecular complexity index is 989. The Morgan fingerprint density at radius 3 is 2.59 bits per heavy atom. The van der Waals surface area contributed by atoms with Gasteiger partial charge >= 0.3 is 6.03 Å². The number of amides is 2. The van der Waals surface area contributed by atoms with Crippen LogP contribution in [0, 0.1) is 0 Å². The summed E-state index contributed by atoms with van der Waals surface area (Å²) in [5.74, 6) is 0.752. The number of benzene rings is 2. The van der Waals surface area contributed by atoms with E-state index in [2.05, 4.69) is 47.6 Å². The number of aromatic nitrogens is 1. The normalized spacial score (nSPS) is 14.1. The van der Waals surface area contributed by atoms with Crippen LogP contribution in [0.2, 0.25) is 0 Å². The molecule has 0 aliphatic carbocycles. The fourth-order valence-corrected chi connectivity index (χ4v) is 3.74. The highest BCUT2D eigenvalue weighted by atomic mass is 16.2. The van der Waals surface area contributed by atoms with Crippen LogP contribution in [0.3, 0.4) is 0 Å². The number of anilines is 2. The molecule has 0 bridgehead atoms. The van der Waals surface area contributed by atoms with E-state index >= 15 is 0 Å². The second-order valence-electron chi connectivity index (χ2n) is 7.46. The molecule has 5 nitrogen and oxygen atoms in total. The molecule has 4 rings (SSSR count). The number of rotatable bonds is 4. The van der Waals surface area contributed by atoms with Crippen molar-refractivity contribution in [3.63, 3.8) is 0 Å². The maximum atomic E-state index is 13.1. The summed E-state index contributed by atoms with van der Waals surface area (Å²) in [7, 11) is 1.82. The summed E-state index contributed by atoms with van der Waals surface area (Å²) in [4.78, 5) is 21.1. The maximum absolute atomic E-state index is 13.1. The molecule has 0 saturated carbocycles. The van der Waals surface area contributed by atoms with Gasteiger partial charge in [0.05, 0.1) is 5.69 Å². The van der Waals surface area contributed by atoms with Gasteiger partial charge in [-0.2, -0.15) is 0 Å². The molecule has 1 aromatic heterocycles. The van der Waals surface area contributed by atoms with E-state index in [0.717, 1.165) is 24.5 Å². The fraction of sp³-hybridized carbons (Fsp3) is 0.250. The zero-order valence-corrected chi connectivity index (χ0v) is 16.9. The van der Waals surface area contributed by atoms with Crippen LogP contribution in [0.1, 0.15) is 29.7 Å². The Kier molecular flexibility index (Phi) is 5.47. The topological polar surface area (TPSA) is 48.5 Å². The molecule has 29 heavy (non-hydrogen) atoms. The van der Waals surface area contributed by atoms with Crippen molar-refractivity contribution in [1.29, 1.82) is 0 Å². The summed E-state index contributed by atoms with van der Waals surface area (Å²) in [5, 5.41) is 3.42. The summed E-state index contributed by atoms with van der Waals surface area (Å²) < 4.78 is 0. The van der Waals surface area contributed by atoms with Crippen LogP contribution in [0.15, 0.2) is 72.9 Å². The highest BCUT2D eigenvalue weighted by Crippen LogP contribution is 2.24. The number of nitrogens with zero attached hydrogens (tertiary/aromatic N) is 3. The molecule has 3 aromatic rings. The Hall–Kier alpha value is -3.34. The van der Waals surface area contributed by atoms with E-state index in [1.165, 1.54) is 16.7 Å². The number of fused-ring (bicyclic) bond motifs is 1. The highest BCUT2D eigenvalue weighted by Gasteiger charge is 2.24. The van der Waals surface area contributed by atoms with E-state index in [4.69, 9.17) is 0 Å². The Balaban J connectivity index is 1.46. The number of hydrogen-bond acceptors (Lipinski definition) is 3. The van der Waals surface area contributed by atoms with Crippen LogP contribution in [0.25, 0.3) is 0 Å². The van der Waals surface area contributed by atoms with E-state index in [9.17, 15) is 4.79 Å². The van der Waals surface area contributed by atoms with Crippen LogP contribution in [0.5, 0.6) is 0 Å². The molecule has 148 valence electrons. The van der Waals surface area contributed by atoms with E-state index in [1.54, 1.807) is 11.1 Å². The first kappa shape index (κ1) is 19.0. The van der Waals surface area contributed by atoms with Crippen LogP contribution in [-0.4, -0.2) is 29.5 Å². The van der Waals surface area contributed by atoms with E-state index in [1.807, 2.05) is 48.3 Å². The third-order valence-corrected chi connectivity index (χ3v) is 5.48. The van der Waals surface area contributed by atoms with Gasteiger partial charge in [-0.05, 0) is 36.1 Å². The first-order valence-electron chi connectivity index (χ1n) is 9.99. The smallest absolute Gasteiger partial charge is 0.324 e. The molecule has 1 atom stereocenters. The van der Waals surface area contributed by atoms with Gasteiger partial charge in [-0.1, -0.05) is 54.6 Å². The quantitative estimate of drug-likeness (QED) is 0.696. The minimum atomic E-state index is 0.00719. The minimum Gasteiger partial charge on any atom is -0.363 e. The Morgan fingerprint density at radius 1 is 1.07 bits per heavy atom. The molecule has 2 amide bonds. The molecular formula is C24H26N4O. The summed E-state index contributed by atoms with van der Waals surface area (Å²) in [6, 6.07) is 22.5. The van der Waals surface area contributed by atoms with Crippen molar-refractivity contribution >= 4 is 17.5 Å². The average molecular weight is 386 g/mol. The zero-order chi connectivity index (χ0) is 20.2. The molecular weight excluding hydrogens is 360 g/mol. The zero-order valence-electron chi connectivity index (χ0n) is 16.9. The van der Waals surface area contributed by atoms with Crippen LogP contribution < -0.4 is 10.2 Å². The summed E-state index contributed by atoms with van der Waals surface area (Å²) in [6.07, 6.45) is 2.64. The maximum Gasteiger partial charge on any atom is 0.324 e. The monoisotopic (exact) mass is 386 g/mol. The van der Waals surface area contributed by atoms with Crippen LogP contribution in [-0.2, 0) is 13.0 Å². The predicted molar refractivity (Wildman–Crippen MR) is 117 cm³/mol. The largest absolute Gasteiger partial charge is 0.363 e. The molecule has 2 heterocycles. The van der Waals surface area contributed by atoms with Crippen LogP contribution >= 0.6 is 0 Å². The fourth-order valence-electron chi connectivity index (χ4n) is 3.74. The number of carbonyl (C=O) groups excluding carboxylic acids is 1. The molecule has 2 aromatic carbocycles. The van der Waals surface area contributed by atoms with Gasteiger partial charge in [0.1, 0.15) is 5.82 Å². The third-order valence-electron chi connectivity index (χ3n) is 5.48. The van der Waals surface area contributed by atoms with Crippen LogP contribution in [0.4, 0.5) is 16.3 Å². The molecule has 0 spiro atoms. The van der Waals surface area contributed by atoms with E-state index in [0.29, 0.717) is 6.54 Å². The second-order valence-corrected chi connectivity index (χ2v) is 7.46. The second kappa shape index (κ2) is 8.35. The lowest BCUT2D eigenvalue weighted by Crippen LogP contribution is -2.43. The molecule has 0 fully saturated rings. The van der Waals surface area contributed by atoms with E-state index in [-0.39, 0.29) is 12.1 Å². The predicted octanol–water partition coefficient (Wildman–Crippen LogP) is 4.87. The lowest BCUT2D eigenvalue weighted by Gasteiger charge is -2.32. The lowest BCUT2D eigenvalue weighted by atomic mass is 10.0. The highest BCUT2D eigenvalue weighted by molar-refractivity contribution is 5.92. The summed E-state index contributed by atoms with van der Waals surface area (Å²) >= 11 is 0.